The highest BCUT2D eigenvalue weighted by Crippen LogP contribution is 2.29. The zero-order chi connectivity index (χ0) is 18.8. The van der Waals surface area contributed by atoms with Crippen molar-refractivity contribution < 1.29 is 9.21 Å². The first-order valence-electron chi connectivity index (χ1n) is 8.19. The van der Waals surface area contributed by atoms with Crippen LogP contribution in [0.2, 0.25) is 5.02 Å². The van der Waals surface area contributed by atoms with Crippen LogP contribution in [0.3, 0.4) is 0 Å². The van der Waals surface area contributed by atoms with E-state index >= 15 is 0 Å². The van der Waals surface area contributed by atoms with E-state index in [1.807, 2.05) is 29.6 Å². The van der Waals surface area contributed by atoms with Crippen molar-refractivity contribution in [2.75, 3.05) is 5.32 Å². The smallest absolute Gasteiger partial charge is 0.302 e. The maximum Gasteiger partial charge on any atom is 0.302 e. The summed E-state index contributed by atoms with van der Waals surface area (Å²) in [5.41, 5.74) is 4.24. The van der Waals surface area contributed by atoms with Gasteiger partial charge in [-0.1, -0.05) is 35.9 Å². The highest BCUT2D eigenvalue weighted by molar-refractivity contribution is 7.14. The average Bonchev–Trinajstić information content (AvgIpc) is 3.27. The molecule has 0 aliphatic heterocycles. The van der Waals surface area contributed by atoms with E-state index in [2.05, 4.69) is 20.6 Å². The second-order valence-corrected chi connectivity index (χ2v) is 7.20. The Morgan fingerprint density at radius 2 is 2.00 bits per heavy atom. The van der Waals surface area contributed by atoms with Crippen molar-refractivity contribution >= 4 is 51.1 Å². The minimum atomic E-state index is -0.0456. The highest BCUT2D eigenvalue weighted by atomic mass is 35.5. The molecule has 4 aromatic rings. The van der Waals surface area contributed by atoms with Gasteiger partial charge in [-0.25, -0.2) is 4.98 Å². The molecule has 0 radical (unpaired) electrons. The number of hydrogen-bond acceptors (Lipinski definition) is 6. The molecule has 0 unspecified atom stereocenters. The first-order chi connectivity index (χ1) is 13.1. The van der Waals surface area contributed by atoms with Gasteiger partial charge in [0, 0.05) is 29.4 Å². The van der Waals surface area contributed by atoms with Crippen LogP contribution in [-0.4, -0.2) is 15.9 Å². The van der Waals surface area contributed by atoms with E-state index in [9.17, 15) is 4.79 Å². The number of benzene rings is 2. The van der Waals surface area contributed by atoms with Gasteiger partial charge < -0.3 is 9.73 Å². The Hall–Kier alpha value is -2.90. The van der Waals surface area contributed by atoms with Gasteiger partial charge in [0.15, 0.2) is 10.7 Å². The zero-order valence-corrected chi connectivity index (χ0v) is 15.9. The monoisotopic (exact) mass is 398 g/mol. The minimum Gasteiger partial charge on any atom is -0.423 e. The molecule has 1 amide bonds. The molecule has 0 saturated carbocycles. The number of carbonyl (C=O) groups excluding carboxylic acids is 1. The van der Waals surface area contributed by atoms with Crippen molar-refractivity contribution in [1.29, 1.82) is 0 Å². The van der Waals surface area contributed by atoms with Crippen LogP contribution in [0.15, 0.2) is 52.3 Å². The second-order valence-electron chi connectivity index (χ2n) is 5.90. The first-order valence-corrected chi connectivity index (χ1v) is 9.45. The van der Waals surface area contributed by atoms with Crippen LogP contribution < -0.4 is 10.6 Å². The third-order valence-electron chi connectivity index (χ3n) is 3.86. The molecule has 0 atom stereocenters. The molecule has 136 valence electrons. The molecule has 0 bridgehead atoms. The van der Waals surface area contributed by atoms with Crippen LogP contribution in [0.1, 0.15) is 12.5 Å². The van der Waals surface area contributed by atoms with Crippen molar-refractivity contribution in [2.45, 2.75) is 13.5 Å². The van der Waals surface area contributed by atoms with Crippen LogP contribution in [-0.2, 0) is 11.3 Å². The van der Waals surface area contributed by atoms with Crippen LogP contribution in [0, 0.1) is 0 Å². The molecule has 2 aromatic carbocycles. The molecule has 2 aromatic heterocycles. The van der Waals surface area contributed by atoms with Crippen LogP contribution in [0.25, 0.3) is 22.4 Å². The molecule has 0 saturated heterocycles. The summed E-state index contributed by atoms with van der Waals surface area (Å²) in [4.78, 5) is 19.9. The summed E-state index contributed by atoms with van der Waals surface area (Å²) < 4.78 is 5.66. The molecule has 0 aliphatic rings. The number of carbonyl (C=O) groups is 1. The zero-order valence-electron chi connectivity index (χ0n) is 14.3. The fourth-order valence-electron chi connectivity index (χ4n) is 2.53. The maximum atomic E-state index is 11.0. The predicted molar refractivity (Wildman–Crippen MR) is 107 cm³/mol. The van der Waals surface area contributed by atoms with Gasteiger partial charge in [0.1, 0.15) is 5.52 Å². The van der Waals surface area contributed by atoms with Gasteiger partial charge in [-0.2, -0.15) is 4.98 Å². The largest absolute Gasteiger partial charge is 0.423 e. The van der Waals surface area contributed by atoms with Crippen molar-refractivity contribution in [3.05, 3.63) is 58.4 Å². The Balaban J connectivity index is 1.48. The number of amides is 1. The Bertz CT molecular complexity index is 1100. The summed E-state index contributed by atoms with van der Waals surface area (Å²) in [6.07, 6.45) is 0. The summed E-state index contributed by atoms with van der Waals surface area (Å²) in [7, 11) is 0. The van der Waals surface area contributed by atoms with Crippen molar-refractivity contribution in [3.8, 4) is 11.3 Å². The molecule has 2 heterocycles. The summed E-state index contributed by atoms with van der Waals surface area (Å²) in [5, 5.41) is 9.12. The molecular weight excluding hydrogens is 384 g/mol. The minimum absolute atomic E-state index is 0.0456. The first kappa shape index (κ1) is 17.5. The number of thiazole rings is 1. The predicted octanol–water partition coefficient (Wildman–Crippen LogP) is 4.98. The molecule has 0 aliphatic carbocycles. The SMILES string of the molecule is CC(=O)NCc1ccc(-c2csc(Nc3nc4cc(Cl)ccc4o3)n2)cc1. The number of oxazole rings is 1. The van der Waals surface area contributed by atoms with Gasteiger partial charge in [0.2, 0.25) is 5.91 Å². The molecule has 27 heavy (non-hydrogen) atoms. The van der Waals surface area contributed by atoms with Crippen LogP contribution in [0.5, 0.6) is 0 Å². The summed E-state index contributed by atoms with van der Waals surface area (Å²) >= 11 is 7.44. The summed E-state index contributed by atoms with van der Waals surface area (Å²) in [6.45, 7) is 2.02. The number of aromatic nitrogens is 2. The van der Waals surface area contributed by atoms with Crippen LogP contribution >= 0.6 is 22.9 Å². The van der Waals surface area contributed by atoms with Gasteiger partial charge in [0.05, 0.1) is 5.69 Å². The Labute approximate surface area is 164 Å². The van der Waals surface area contributed by atoms with Crippen molar-refractivity contribution in [1.82, 2.24) is 15.3 Å². The Morgan fingerprint density at radius 1 is 1.19 bits per heavy atom. The van der Waals surface area contributed by atoms with E-state index in [0.29, 0.717) is 33.8 Å². The lowest BCUT2D eigenvalue weighted by molar-refractivity contribution is -0.119. The van der Waals surface area contributed by atoms with Crippen LogP contribution in [0.4, 0.5) is 11.1 Å². The lowest BCUT2D eigenvalue weighted by Crippen LogP contribution is -2.18. The third kappa shape index (κ3) is 4.10. The molecule has 4 rings (SSSR count). The normalized spacial score (nSPS) is 10.9. The van der Waals surface area contributed by atoms with Gasteiger partial charge >= 0.3 is 6.01 Å². The summed E-state index contributed by atoms with van der Waals surface area (Å²) in [6, 6.07) is 13.6. The quantitative estimate of drug-likeness (QED) is 0.495. The van der Waals surface area contributed by atoms with Gasteiger partial charge in [-0.15, -0.1) is 11.3 Å². The lowest BCUT2D eigenvalue weighted by atomic mass is 10.1. The standard InChI is InChI=1S/C19H15ClN4O2S/c1-11(25)21-9-12-2-4-13(5-3-12)16-10-27-19(23-16)24-18-22-15-8-14(20)6-7-17(15)26-18/h2-8,10H,9H2,1H3,(H,21,25)(H,22,23,24). The highest BCUT2D eigenvalue weighted by Gasteiger charge is 2.10. The van der Waals surface area contributed by atoms with Gasteiger partial charge in [0.25, 0.3) is 0 Å². The number of halogens is 1. The number of anilines is 2. The number of fused-ring (bicyclic) bond motifs is 1. The number of hydrogen-bond donors (Lipinski definition) is 2. The van der Waals surface area contributed by atoms with E-state index in [4.69, 9.17) is 16.0 Å². The Morgan fingerprint density at radius 3 is 2.78 bits per heavy atom. The van der Waals surface area contributed by atoms with E-state index < -0.39 is 0 Å². The molecule has 8 heteroatoms. The molecular formula is C19H15ClN4O2S. The van der Waals surface area contributed by atoms with Gasteiger partial charge in [-0.3, -0.25) is 10.1 Å². The third-order valence-corrected chi connectivity index (χ3v) is 4.85. The van der Waals surface area contributed by atoms with Gasteiger partial charge in [-0.05, 0) is 23.8 Å². The topological polar surface area (TPSA) is 80.0 Å². The van der Waals surface area contributed by atoms with Crippen molar-refractivity contribution in [2.24, 2.45) is 0 Å². The maximum absolute atomic E-state index is 11.0. The second kappa shape index (κ2) is 7.38. The number of rotatable bonds is 5. The number of nitrogens with one attached hydrogen (secondary N) is 2. The molecule has 0 spiro atoms. The lowest BCUT2D eigenvalue weighted by Gasteiger charge is -2.03. The molecule has 2 N–H and O–H groups in total. The number of nitrogens with zero attached hydrogens (tertiary/aromatic N) is 2. The van der Waals surface area contributed by atoms with Crippen molar-refractivity contribution in [3.63, 3.8) is 0 Å². The Kier molecular flexibility index (Phi) is 4.79. The van der Waals surface area contributed by atoms with E-state index in [1.54, 1.807) is 18.2 Å². The average molecular weight is 399 g/mol. The fraction of sp³-hybridized carbons (Fsp3) is 0.105. The van der Waals surface area contributed by atoms with E-state index in [1.165, 1.54) is 18.3 Å². The van der Waals surface area contributed by atoms with E-state index in [-0.39, 0.29) is 5.91 Å². The fourth-order valence-corrected chi connectivity index (χ4v) is 3.40. The summed E-state index contributed by atoms with van der Waals surface area (Å²) in [5.74, 6) is -0.0456. The van der Waals surface area contributed by atoms with E-state index in [0.717, 1.165) is 16.8 Å². The molecule has 0 fully saturated rings. The molecule has 6 nitrogen and oxygen atoms in total.